The molecule has 0 aromatic heterocycles. The molecule has 0 aromatic carbocycles. The molecule has 144 valence electrons. The Morgan fingerprint density at radius 3 is 2.56 bits per heavy atom. The summed E-state index contributed by atoms with van der Waals surface area (Å²) in [6.07, 6.45) is 9.07. The third-order valence-electron chi connectivity index (χ3n) is 5.12. The van der Waals surface area contributed by atoms with Crippen molar-refractivity contribution in [3.63, 3.8) is 0 Å². The molecule has 0 bridgehead atoms. The van der Waals surface area contributed by atoms with E-state index in [-0.39, 0.29) is 35.8 Å². The van der Waals surface area contributed by atoms with Gasteiger partial charge in [0.25, 0.3) is 0 Å². The molecule has 0 radical (unpaired) electrons. The number of hydrogen-bond donors (Lipinski definition) is 3. The number of nitrogens with one attached hydrogen (secondary N) is 3. The van der Waals surface area contributed by atoms with Crippen molar-refractivity contribution in [1.82, 2.24) is 16.0 Å². The van der Waals surface area contributed by atoms with Gasteiger partial charge in [0.2, 0.25) is 5.91 Å². The highest BCUT2D eigenvalue weighted by atomic mass is 127. The minimum atomic E-state index is 0. The summed E-state index contributed by atoms with van der Waals surface area (Å²) in [4.78, 5) is 16.5. The van der Waals surface area contributed by atoms with E-state index in [9.17, 15) is 4.79 Å². The van der Waals surface area contributed by atoms with Gasteiger partial charge in [-0.15, -0.1) is 24.0 Å². The van der Waals surface area contributed by atoms with Crippen molar-refractivity contribution in [2.45, 2.75) is 63.5 Å². The SMILES string of the molecule is CN=C(NCCOCC1CC1)NC1CCCC(C(=O)NC2CC2)C1.I. The lowest BCUT2D eigenvalue weighted by Gasteiger charge is -2.30. The van der Waals surface area contributed by atoms with Gasteiger partial charge in [0.05, 0.1) is 6.61 Å². The number of guanidine groups is 1. The molecular formula is C18H33IN4O2. The zero-order chi connectivity index (χ0) is 16.8. The first-order chi connectivity index (χ1) is 11.7. The van der Waals surface area contributed by atoms with Crippen LogP contribution in [0.25, 0.3) is 0 Å². The monoisotopic (exact) mass is 464 g/mol. The van der Waals surface area contributed by atoms with E-state index in [1.807, 2.05) is 0 Å². The van der Waals surface area contributed by atoms with Gasteiger partial charge in [-0.3, -0.25) is 9.79 Å². The van der Waals surface area contributed by atoms with Crippen LogP contribution in [0.4, 0.5) is 0 Å². The molecule has 3 aliphatic carbocycles. The number of ether oxygens (including phenoxy) is 1. The van der Waals surface area contributed by atoms with Crippen LogP contribution in [0.3, 0.4) is 0 Å². The predicted molar refractivity (Wildman–Crippen MR) is 110 cm³/mol. The maximum atomic E-state index is 12.3. The smallest absolute Gasteiger partial charge is 0.223 e. The van der Waals surface area contributed by atoms with E-state index in [1.54, 1.807) is 7.05 Å². The number of aliphatic imine (C=N–C) groups is 1. The van der Waals surface area contributed by atoms with Gasteiger partial charge in [-0.25, -0.2) is 0 Å². The summed E-state index contributed by atoms with van der Waals surface area (Å²) in [5.74, 6) is 2.03. The molecule has 3 saturated carbocycles. The minimum Gasteiger partial charge on any atom is -0.379 e. The summed E-state index contributed by atoms with van der Waals surface area (Å²) in [5, 5.41) is 9.93. The van der Waals surface area contributed by atoms with Gasteiger partial charge in [-0.05, 0) is 50.9 Å². The second-order valence-electron chi connectivity index (χ2n) is 7.50. The molecule has 3 rings (SSSR count). The summed E-state index contributed by atoms with van der Waals surface area (Å²) >= 11 is 0. The highest BCUT2D eigenvalue weighted by Crippen LogP contribution is 2.28. The first-order valence-electron chi connectivity index (χ1n) is 9.60. The zero-order valence-corrected chi connectivity index (χ0v) is 17.6. The van der Waals surface area contributed by atoms with Crippen LogP contribution in [0.1, 0.15) is 51.4 Å². The van der Waals surface area contributed by atoms with Crippen molar-refractivity contribution in [3.8, 4) is 0 Å². The number of halogens is 1. The molecule has 0 saturated heterocycles. The molecule has 25 heavy (non-hydrogen) atoms. The maximum absolute atomic E-state index is 12.3. The Kier molecular flexibility index (Phi) is 8.75. The molecule has 2 atom stereocenters. The van der Waals surface area contributed by atoms with Gasteiger partial charge in [0.1, 0.15) is 0 Å². The molecule has 0 spiro atoms. The summed E-state index contributed by atoms with van der Waals surface area (Å²) < 4.78 is 5.64. The Morgan fingerprint density at radius 1 is 1.08 bits per heavy atom. The third kappa shape index (κ3) is 7.68. The van der Waals surface area contributed by atoms with E-state index in [0.29, 0.717) is 18.7 Å². The van der Waals surface area contributed by atoms with Gasteiger partial charge in [0.15, 0.2) is 5.96 Å². The summed E-state index contributed by atoms with van der Waals surface area (Å²) in [6.45, 7) is 2.38. The van der Waals surface area contributed by atoms with Gasteiger partial charge in [-0.2, -0.15) is 0 Å². The first kappa shape index (κ1) is 20.7. The lowest BCUT2D eigenvalue weighted by Crippen LogP contribution is -2.47. The molecule has 6 nitrogen and oxygen atoms in total. The molecule has 3 aliphatic rings. The fraction of sp³-hybridized carbons (Fsp3) is 0.889. The molecule has 3 N–H and O–H groups in total. The number of rotatable bonds is 8. The van der Waals surface area contributed by atoms with Crippen LogP contribution in [0.15, 0.2) is 4.99 Å². The quantitative estimate of drug-likeness (QED) is 0.223. The number of hydrogen-bond acceptors (Lipinski definition) is 3. The first-order valence-corrected chi connectivity index (χ1v) is 9.60. The van der Waals surface area contributed by atoms with Gasteiger partial charge >= 0.3 is 0 Å². The second-order valence-corrected chi connectivity index (χ2v) is 7.50. The summed E-state index contributed by atoms with van der Waals surface area (Å²) in [7, 11) is 1.79. The molecule has 0 aliphatic heterocycles. The van der Waals surface area contributed by atoms with Crippen molar-refractivity contribution in [3.05, 3.63) is 0 Å². The molecular weight excluding hydrogens is 431 g/mol. The van der Waals surface area contributed by atoms with Crippen LogP contribution in [0, 0.1) is 11.8 Å². The van der Waals surface area contributed by atoms with Crippen LogP contribution in [-0.4, -0.2) is 50.8 Å². The van der Waals surface area contributed by atoms with Gasteiger partial charge < -0.3 is 20.7 Å². The van der Waals surface area contributed by atoms with Crippen molar-refractivity contribution >= 4 is 35.8 Å². The Hall–Kier alpha value is -0.570. The Balaban J connectivity index is 0.00000225. The average molecular weight is 464 g/mol. The molecule has 3 fully saturated rings. The largest absolute Gasteiger partial charge is 0.379 e. The Morgan fingerprint density at radius 2 is 1.88 bits per heavy atom. The third-order valence-corrected chi connectivity index (χ3v) is 5.12. The van der Waals surface area contributed by atoms with Crippen LogP contribution < -0.4 is 16.0 Å². The number of nitrogens with zero attached hydrogens (tertiary/aromatic N) is 1. The standard InChI is InChI=1S/C18H32N4O2.HI/c1-19-18(20-9-10-24-12-13-5-6-13)22-16-4-2-3-14(11-16)17(23)21-15-7-8-15;/h13-16H,2-12H2,1H3,(H,21,23)(H2,19,20,22);1H. The molecule has 1 amide bonds. The molecule has 2 unspecified atom stereocenters. The van der Waals surface area contributed by atoms with Crippen molar-refractivity contribution < 1.29 is 9.53 Å². The fourth-order valence-corrected chi connectivity index (χ4v) is 3.27. The van der Waals surface area contributed by atoms with Gasteiger partial charge in [-0.1, -0.05) is 6.42 Å². The highest BCUT2D eigenvalue weighted by molar-refractivity contribution is 14.0. The maximum Gasteiger partial charge on any atom is 0.223 e. The van der Waals surface area contributed by atoms with E-state index in [4.69, 9.17) is 4.74 Å². The number of carbonyl (C=O) groups excluding carboxylic acids is 1. The molecule has 0 aromatic rings. The van der Waals surface area contributed by atoms with E-state index in [1.165, 1.54) is 12.8 Å². The van der Waals surface area contributed by atoms with E-state index < -0.39 is 0 Å². The number of amides is 1. The van der Waals surface area contributed by atoms with Crippen LogP contribution >= 0.6 is 24.0 Å². The van der Waals surface area contributed by atoms with Crippen molar-refractivity contribution in [2.24, 2.45) is 16.8 Å². The lowest BCUT2D eigenvalue weighted by atomic mass is 9.85. The molecule has 7 heteroatoms. The van der Waals surface area contributed by atoms with E-state index in [2.05, 4.69) is 20.9 Å². The lowest BCUT2D eigenvalue weighted by molar-refractivity contribution is -0.126. The van der Waals surface area contributed by atoms with E-state index in [0.717, 1.165) is 63.6 Å². The Labute approximate surface area is 168 Å². The fourth-order valence-electron chi connectivity index (χ4n) is 3.27. The zero-order valence-electron chi connectivity index (χ0n) is 15.3. The highest BCUT2D eigenvalue weighted by Gasteiger charge is 2.31. The topological polar surface area (TPSA) is 74.8 Å². The second kappa shape index (κ2) is 10.5. The van der Waals surface area contributed by atoms with Crippen LogP contribution in [0.5, 0.6) is 0 Å². The minimum absolute atomic E-state index is 0. The van der Waals surface area contributed by atoms with Crippen LogP contribution in [-0.2, 0) is 9.53 Å². The van der Waals surface area contributed by atoms with Crippen molar-refractivity contribution in [1.29, 1.82) is 0 Å². The van der Waals surface area contributed by atoms with Crippen molar-refractivity contribution in [2.75, 3.05) is 26.8 Å². The van der Waals surface area contributed by atoms with Gasteiger partial charge in [0, 0.05) is 38.2 Å². The summed E-state index contributed by atoms with van der Waals surface area (Å²) in [5.41, 5.74) is 0. The van der Waals surface area contributed by atoms with Crippen LogP contribution in [0.2, 0.25) is 0 Å². The van der Waals surface area contributed by atoms with E-state index >= 15 is 0 Å². The normalized spacial score (nSPS) is 26.5. The number of carbonyl (C=O) groups is 1. The average Bonchev–Trinajstić information content (AvgIpc) is 3.49. The predicted octanol–water partition coefficient (Wildman–Crippen LogP) is 2.03. The molecule has 0 heterocycles. The summed E-state index contributed by atoms with van der Waals surface area (Å²) in [6, 6.07) is 0.781. The Bertz CT molecular complexity index is 452.